The highest BCUT2D eigenvalue weighted by molar-refractivity contribution is 5.50. The van der Waals surface area contributed by atoms with E-state index in [0.29, 0.717) is 18.5 Å². The minimum absolute atomic E-state index is 0.388. The smallest absolute Gasteiger partial charge is 0.330 e. The van der Waals surface area contributed by atoms with E-state index in [4.69, 9.17) is 5.73 Å². The summed E-state index contributed by atoms with van der Waals surface area (Å²) in [6.45, 7) is 0.444. The SMILES string of the molecule is NCC/C=C/c1ccc(C(F)(F)F)c(F)c1. The quantitative estimate of drug-likeness (QED) is 0.797. The number of hydrogen-bond acceptors (Lipinski definition) is 1. The van der Waals surface area contributed by atoms with Crippen LogP contribution in [0.1, 0.15) is 17.5 Å². The van der Waals surface area contributed by atoms with Gasteiger partial charge in [-0.25, -0.2) is 4.39 Å². The van der Waals surface area contributed by atoms with E-state index in [1.807, 2.05) is 0 Å². The summed E-state index contributed by atoms with van der Waals surface area (Å²) in [4.78, 5) is 0. The van der Waals surface area contributed by atoms with Crippen LogP contribution in [0, 0.1) is 5.82 Å². The zero-order chi connectivity index (χ0) is 12.2. The Labute approximate surface area is 90.6 Å². The summed E-state index contributed by atoms with van der Waals surface area (Å²) in [5.74, 6) is -1.26. The molecule has 0 aliphatic rings. The molecule has 88 valence electrons. The van der Waals surface area contributed by atoms with Crippen molar-refractivity contribution in [2.24, 2.45) is 5.73 Å². The van der Waals surface area contributed by atoms with Gasteiger partial charge in [-0.3, -0.25) is 0 Å². The first-order valence-corrected chi connectivity index (χ1v) is 4.68. The lowest BCUT2D eigenvalue weighted by atomic mass is 10.1. The van der Waals surface area contributed by atoms with Gasteiger partial charge >= 0.3 is 6.18 Å². The van der Waals surface area contributed by atoms with Crippen molar-refractivity contribution in [3.63, 3.8) is 0 Å². The lowest BCUT2D eigenvalue weighted by molar-refractivity contribution is -0.140. The Bertz CT molecular complexity index is 382. The number of rotatable bonds is 3. The molecule has 0 heterocycles. The van der Waals surface area contributed by atoms with E-state index in [-0.39, 0.29) is 0 Å². The van der Waals surface area contributed by atoms with Crippen molar-refractivity contribution in [2.75, 3.05) is 6.54 Å². The second kappa shape index (κ2) is 5.12. The first kappa shape index (κ1) is 12.7. The van der Waals surface area contributed by atoms with Crippen LogP contribution in [0.25, 0.3) is 6.08 Å². The van der Waals surface area contributed by atoms with Crippen LogP contribution in [0.15, 0.2) is 24.3 Å². The molecule has 0 saturated heterocycles. The van der Waals surface area contributed by atoms with Gasteiger partial charge in [0.15, 0.2) is 0 Å². The standard InChI is InChI=1S/C11H11F4N/c12-10-7-8(3-1-2-6-16)4-5-9(10)11(13,14)15/h1,3-5,7H,2,6,16H2/b3-1+. The maximum absolute atomic E-state index is 13.1. The summed E-state index contributed by atoms with van der Waals surface area (Å²) in [7, 11) is 0. The molecule has 0 unspecified atom stereocenters. The van der Waals surface area contributed by atoms with Crippen molar-refractivity contribution in [2.45, 2.75) is 12.6 Å². The zero-order valence-electron chi connectivity index (χ0n) is 8.39. The predicted octanol–water partition coefficient (Wildman–Crippen LogP) is 3.21. The van der Waals surface area contributed by atoms with Gasteiger partial charge < -0.3 is 5.73 Å². The van der Waals surface area contributed by atoms with Gasteiger partial charge in [-0.2, -0.15) is 13.2 Å². The maximum atomic E-state index is 13.1. The van der Waals surface area contributed by atoms with Crippen LogP contribution in [0.4, 0.5) is 17.6 Å². The van der Waals surface area contributed by atoms with Gasteiger partial charge in [0, 0.05) is 0 Å². The second-order valence-corrected chi connectivity index (χ2v) is 3.22. The average Bonchev–Trinajstić information content (AvgIpc) is 2.16. The Morgan fingerprint density at radius 3 is 2.44 bits per heavy atom. The average molecular weight is 233 g/mol. The van der Waals surface area contributed by atoms with Crippen LogP contribution >= 0.6 is 0 Å². The van der Waals surface area contributed by atoms with E-state index >= 15 is 0 Å². The fourth-order valence-electron chi connectivity index (χ4n) is 1.18. The van der Waals surface area contributed by atoms with Gasteiger partial charge in [0.05, 0.1) is 5.56 Å². The van der Waals surface area contributed by atoms with E-state index in [1.54, 1.807) is 6.08 Å². The Morgan fingerprint density at radius 2 is 1.94 bits per heavy atom. The van der Waals surface area contributed by atoms with Crippen molar-refractivity contribution >= 4 is 6.08 Å². The number of hydrogen-bond donors (Lipinski definition) is 1. The van der Waals surface area contributed by atoms with Crippen LogP contribution in [0.2, 0.25) is 0 Å². The van der Waals surface area contributed by atoms with Crippen molar-refractivity contribution in [3.05, 3.63) is 41.2 Å². The van der Waals surface area contributed by atoms with E-state index < -0.39 is 17.6 Å². The summed E-state index contributed by atoms with van der Waals surface area (Å²) in [6.07, 6.45) is -0.829. The zero-order valence-corrected chi connectivity index (χ0v) is 8.39. The van der Waals surface area contributed by atoms with Gasteiger partial charge in [-0.05, 0) is 30.7 Å². The Hall–Kier alpha value is -1.36. The van der Waals surface area contributed by atoms with Gasteiger partial charge in [0.25, 0.3) is 0 Å². The molecule has 1 nitrogen and oxygen atoms in total. The lowest BCUT2D eigenvalue weighted by Gasteiger charge is -2.07. The van der Waals surface area contributed by atoms with Gasteiger partial charge in [-0.1, -0.05) is 18.2 Å². The molecule has 0 spiro atoms. The molecule has 1 aromatic rings. The molecule has 16 heavy (non-hydrogen) atoms. The molecule has 2 N–H and O–H groups in total. The minimum atomic E-state index is -4.65. The van der Waals surface area contributed by atoms with E-state index in [9.17, 15) is 17.6 Å². The van der Waals surface area contributed by atoms with E-state index in [1.165, 1.54) is 12.1 Å². The van der Waals surface area contributed by atoms with Crippen LogP contribution in [-0.2, 0) is 6.18 Å². The fourth-order valence-corrected chi connectivity index (χ4v) is 1.18. The third kappa shape index (κ3) is 3.34. The molecule has 1 rings (SSSR count). The van der Waals surface area contributed by atoms with Crippen LogP contribution < -0.4 is 5.73 Å². The molecular weight excluding hydrogens is 222 g/mol. The number of benzene rings is 1. The topological polar surface area (TPSA) is 26.0 Å². The molecule has 0 aliphatic carbocycles. The number of alkyl halides is 3. The lowest BCUT2D eigenvalue weighted by Crippen LogP contribution is -2.07. The molecule has 0 saturated carbocycles. The highest BCUT2D eigenvalue weighted by Gasteiger charge is 2.33. The molecule has 0 fully saturated rings. The Kier molecular flexibility index (Phi) is 4.06. The summed E-state index contributed by atoms with van der Waals surface area (Å²) < 4.78 is 49.7. The van der Waals surface area contributed by atoms with E-state index in [0.717, 1.165) is 12.1 Å². The first-order chi connectivity index (χ1) is 7.45. The molecular formula is C11H11F4N. The van der Waals surface area contributed by atoms with Crippen molar-refractivity contribution in [1.82, 2.24) is 0 Å². The highest BCUT2D eigenvalue weighted by Crippen LogP contribution is 2.31. The van der Waals surface area contributed by atoms with Crippen molar-refractivity contribution < 1.29 is 17.6 Å². The highest BCUT2D eigenvalue weighted by atomic mass is 19.4. The third-order valence-electron chi connectivity index (χ3n) is 1.94. The van der Waals surface area contributed by atoms with Gasteiger partial charge in [0.2, 0.25) is 0 Å². The molecule has 0 radical (unpaired) electrons. The van der Waals surface area contributed by atoms with Crippen molar-refractivity contribution in [3.8, 4) is 0 Å². The molecule has 1 aromatic carbocycles. The monoisotopic (exact) mass is 233 g/mol. The fraction of sp³-hybridized carbons (Fsp3) is 0.273. The van der Waals surface area contributed by atoms with Gasteiger partial charge in [-0.15, -0.1) is 0 Å². The molecule has 0 atom stereocenters. The summed E-state index contributed by atoms with van der Waals surface area (Å²) >= 11 is 0. The Balaban J connectivity index is 2.91. The molecule has 0 aliphatic heterocycles. The van der Waals surface area contributed by atoms with Crippen LogP contribution in [0.3, 0.4) is 0 Å². The minimum Gasteiger partial charge on any atom is -0.330 e. The van der Waals surface area contributed by atoms with E-state index in [2.05, 4.69) is 0 Å². The molecule has 0 bridgehead atoms. The summed E-state index contributed by atoms with van der Waals surface area (Å²) in [5, 5.41) is 0. The second-order valence-electron chi connectivity index (χ2n) is 3.22. The summed E-state index contributed by atoms with van der Waals surface area (Å²) in [5.41, 5.74) is 4.37. The van der Waals surface area contributed by atoms with Crippen molar-refractivity contribution in [1.29, 1.82) is 0 Å². The van der Waals surface area contributed by atoms with Crippen LogP contribution in [0.5, 0.6) is 0 Å². The predicted molar refractivity (Wildman–Crippen MR) is 54.1 cm³/mol. The maximum Gasteiger partial charge on any atom is 0.419 e. The largest absolute Gasteiger partial charge is 0.419 e. The molecule has 0 aromatic heterocycles. The summed E-state index contributed by atoms with van der Waals surface area (Å²) in [6, 6.07) is 2.81. The molecule has 5 heteroatoms. The number of nitrogens with two attached hydrogens (primary N) is 1. The number of halogens is 4. The Morgan fingerprint density at radius 1 is 1.25 bits per heavy atom. The first-order valence-electron chi connectivity index (χ1n) is 4.68. The third-order valence-corrected chi connectivity index (χ3v) is 1.94. The van der Waals surface area contributed by atoms with Gasteiger partial charge in [0.1, 0.15) is 5.82 Å². The van der Waals surface area contributed by atoms with Crippen LogP contribution in [-0.4, -0.2) is 6.54 Å². The normalized spacial score (nSPS) is 12.3. The molecule has 0 amide bonds.